The van der Waals surface area contributed by atoms with Crippen LogP contribution < -0.4 is 31.3 Å². The number of anilines is 2. The predicted molar refractivity (Wildman–Crippen MR) is 161 cm³/mol. The average molecular weight is 571 g/mol. The van der Waals surface area contributed by atoms with E-state index >= 15 is 0 Å². The van der Waals surface area contributed by atoms with E-state index in [0.717, 1.165) is 6.54 Å². The molecular weight excluding hydrogens is 518 g/mol. The molecule has 3 aromatic rings. The van der Waals surface area contributed by atoms with E-state index in [1.54, 1.807) is 0 Å². The molecule has 0 spiro atoms. The van der Waals surface area contributed by atoms with Gasteiger partial charge in [-0.1, -0.05) is 84.0 Å². The molecule has 0 saturated carbocycles. The normalized spacial score (nSPS) is 11.2. The molecular formula is C33H52BrN3. The Morgan fingerprint density at radius 2 is 0.892 bits per heavy atom. The molecule has 0 bridgehead atoms. The maximum Gasteiger partial charge on any atom is 0.215 e. The van der Waals surface area contributed by atoms with E-state index in [1.807, 2.05) is 0 Å². The van der Waals surface area contributed by atoms with Gasteiger partial charge in [0, 0.05) is 68.9 Å². The first kappa shape index (κ1) is 31.4. The Labute approximate surface area is 238 Å². The summed E-state index contributed by atoms with van der Waals surface area (Å²) in [4.78, 5) is 4.41. The van der Waals surface area contributed by atoms with Gasteiger partial charge in [0.1, 0.15) is 6.54 Å². The van der Waals surface area contributed by atoms with Gasteiger partial charge in [-0.25, -0.2) is 0 Å². The number of nitrogens with zero attached hydrogens (tertiary/aromatic N) is 3. The molecule has 0 atom stereocenters. The van der Waals surface area contributed by atoms with Crippen LogP contribution in [0.25, 0.3) is 21.8 Å². The Kier molecular flexibility index (Phi) is 14.4. The summed E-state index contributed by atoms with van der Waals surface area (Å²) >= 11 is 0. The molecule has 0 radical (unpaired) electrons. The van der Waals surface area contributed by atoms with Crippen molar-refractivity contribution in [1.82, 2.24) is 0 Å². The molecule has 0 fully saturated rings. The molecule has 0 aliphatic heterocycles. The number of hydrogen-bond acceptors (Lipinski definition) is 2. The fraction of sp³-hybridized carbons (Fsp3) is 0.606. The Hall–Kier alpha value is -1.81. The number of aryl methyl sites for hydroxylation is 1. The summed E-state index contributed by atoms with van der Waals surface area (Å²) in [6.07, 6.45) is 19.6. The minimum Gasteiger partial charge on any atom is -1.00 e. The van der Waals surface area contributed by atoms with Crippen LogP contribution in [0.3, 0.4) is 0 Å². The van der Waals surface area contributed by atoms with Gasteiger partial charge in [-0.05, 0) is 36.8 Å². The van der Waals surface area contributed by atoms with Gasteiger partial charge in [0.15, 0.2) is 0 Å². The van der Waals surface area contributed by atoms with Crippen LogP contribution in [0.4, 0.5) is 11.4 Å². The number of hydrogen-bond donors (Lipinski definition) is 0. The quantitative estimate of drug-likeness (QED) is 0.114. The second kappa shape index (κ2) is 16.9. The molecule has 0 N–H and O–H groups in total. The summed E-state index contributed by atoms with van der Waals surface area (Å²) < 4.78 is 2.57. The lowest BCUT2D eigenvalue weighted by molar-refractivity contribution is -0.645. The zero-order valence-electron chi connectivity index (χ0n) is 24.4. The van der Waals surface area contributed by atoms with Crippen molar-refractivity contribution in [2.75, 3.05) is 38.0 Å². The molecule has 0 saturated heterocycles. The molecule has 0 aliphatic carbocycles. The third-order valence-corrected chi connectivity index (χ3v) is 7.69. The van der Waals surface area contributed by atoms with Crippen molar-refractivity contribution in [3.8, 4) is 0 Å². The first-order chi connectivity index (χ1) is 17.5. The summed E-state index contributed by atoms with van der Waals surface area (Å²) in [6.45, 7) is 3.38. The molecule has 0 aliphatic rings. The minimum absolute atomic E-state index is 0. The smallest absolute Gasteiger partial charge is 0.215 e. The number of rotatable bonds is 17. The maximum absolute atomic E-state index is 2.57. The third kappa shape index (κ3) is 9.78. The lowest BCUT2D eigenvalue weighted by atomic mass is 10.0. The summed E-state index contributed by atoms with van der Waals surface area (Å²) in [5.74, 6) is 0. The molecule has 4 heteroatoms. The van der Waals surface area contributed by atoms with E-state index in [4.69, 9.17) is 0 Å². The van der Waals surface area contributed by atoms with Crippen molar-refractivity contribution in [3.05, 3.63) is 42.5 Å². The highest BCUT2D eigenvalue weighted by atomic mass is 79.9. The zero-order valence-corrected chi connectivity index (χ0v) is 26.0. The highest BCUT2D eigenvalue weighted by molar-refractivity contribution is 5.91. The second-order valence-corrected chi connectivity index (χ2v) is 11.2. The molecule has 206 valence electrons. The molecule has 3 rings (SSSR count). The fourth-order valence-corrected chi connectivity index (χ4v) is 5.33. The van der Waals surface area contributed by atoms with Crippen LogP contribution in [-0.2, 0) is 6.54 Å². The predicted octanol–water partition coefficient (Wildman–Crippen LogP) is 5.90. The molecule has 0 amide bonds. The van der Waals surface area contributed by atoms with Crippen LogP contribution in [0, 0.1) is 0 Å². The highest BCUT2D eigenvalue weighted by Gasteiger charge is 2.17. The molecule has 3 nitrogen and oxygen atoms in total. The van der Waals surface area contributed by atoms with E-state index < -0.39 is 0 Å². The Bertz CT molecular complexity index is 994. The minimum atomic E-state index is 0. The molecule has 1 aromatic heterocycles. The van der Waals surface area contributed by atoms with Gasteiger partial charge in [-0.3, -0.25) is 0 Å². The van der Waals surface area contributed by atoms with E-state index in [9.17, 15) is 0 Å². The van der Waals surface area contributed by atoms with E-state index in [2.05, 4.69) is 91.9 Å². The van der Waals surface area contributed by atoms with Crippen molar-refractivity contribution in [3.63, 3.8) is 0 Å². The van der Waals surface area contributed by atoms with Gasteiger partial charge in [0.05, 0.1) is 0 Å². The van der Waals surface area contributed by atoms with Crippen molar-refractivity contribution in [2.24, 2.45) is 0 Å². The van der Waals surface area contributed by atoms with Crippen LogP contribution in [-0.4, -0.2) is 28.2 Å². The van der Waals surface area contributed by atoms with Gasteiger partial charge in [-0.2, -0.15) is 4.57 Å². The van der Waals surface area contributed by atoms with Crippen molar-refractivity contribution < 1.29 is 21.5 Å². The van der Waals surface area contributed by atoms with Gasteiger partial charge in [0.25, 0.3) is 0 Å². The van der Waals surface area contributed by atoms with Crippen LogP contribution in [0.2, 0.25) is 0 Å². The number of benzene rings is 2. The molecule has 2 aromatic carbocycles. The summed E-state index contributed by atoms with van der Waals surface area (Å²) in [5.41, 5.74) is 5.22. The number of fused-ring (bicyclic) bond motifs is 2. The van der Waals surface area contributed by atoms with Crippen LogP contribution in [0.5, 0.6) is 0 Å². The topological polar surface area (TPSA) is 10.4 Å². The largest absolute Gasteiger partial charge is 1.00 e. The molecule has 37 heavy (non-hydrogen) atoms. The SMILES string of the molecule is CCCCCCCCCCCCCCCC[n+]1c2cc(N(C)C)ccc2cc2ccc(N(C)C)cc21.[Br-]. The monoisotopic (exact) mass is 569 g/mol. The fourth-order valence-electron chi connectivity index (χ4n) is 5.33. The molecule has 1 heterocycles. The highest BCUT2D eigenvalue weighted by Crippen LogP contribution is 2.25. The van der Waals surface area contributed by atoms with Crippen molar-refractivity contribution in [1.29, 1.82) is 0 Å². The molecule has 0 unspecified atom stereocenters. The zero-order chi connectivity index (χ0) is 25.8. The summed E-state index contributed by atoms with van der Waals surface area (Å²) in [5, 5.41) is 2.66. The number of pyridine rings is 1. The Balaban J connectivity index is 0.00000481. The summed E-state index contributed by atoms with van der Waals surface area (Å²) in [7, 11) is 8.52. The summed E-state index contributed by atoms with van der Waals surface area (Å²) in [6, 6.07) is 16.1. The van der Waals surface area contributed by atoms with Crippen LogP contribution >= 0.6 is 0 Å². The van der Waals surface area contributed by atoms with E-state index in [0.29, 0.717) is 0 Å². The number of unbranched alkanes of at least 4 members (excludes halogenated alkanes) is 13. The van der Waals surface area contributed by atoms with E-state index in [-0.39, 0.29) is 17.0 Å². The second-order valence-electron chi connectivity index (χ2n) is 11.2. The van der Waals surface area contributed by atoms with Gasteiger partial charge in [-0.15, -0.1) is 0 Å². The Morgan fingerprint density at radius 3 is 1.27 bits per heavy atom. The lowest BCUT2D eigenvalue weighted by Gasteiger charge is -2.15. The van der Waals surface area contributed by atoms with E-state index in [1.165, 1.54) is 123 Å². The number of halogens is 1. The third-order valence-electron chi connectivity index (χ3n) is 7.69. The van der Waals surface area contributed by atoms with Crippen LogP contribution in [0.1, 0.15) is 96.8 Å². The van der Waals surface area contributed by atoms with Crippen LogP contribution in [0.15, 0.2) is 42.5 Å². The first-order valence-corrected chi connectivity index (χ1v) is 14.8. The standard InChI is InChI=1S/C33H52N3.BrH/c1-6-7-8-9-10-11-12-13-14-15-16-17-18-19-24-36-32-26-30(34(2)3)22-20-28(32)25-29-21-23-31(35(4)5)27-33(29)36;/h20-23,25-27H,6-19,24H2,1-5H3;1H/q+1;/p-1. The van der Waals surface area contributed by atoms with Crippen molar-refractivity contribution in [2.45, 2.75) is 103 Å². The number of aromatic nitrogens is 1. The lowest BCUT2D eigenvalue weighted by Crippen LogP contribution is -3.00. The van der Waals surface area contributed by atoms with Crippen molar-refractivity contribution >= 4 is 33.2 Å². The average Bonchev–Trinajstić information content (AvgIpc) is 2.87. The van der Waals surface area contributed by atoms with Gasteiger partial charge in [0.2, 0.25) is 11.0 Å². The first-order valence-electron chi connectivity index (χ1n) is 14.8. The Morgan fingerprint density at radius 1 is 0.514 bits per heavy atom. The van der Waals surface area contributed by atoms with Gasteiger partial charge >= 0.3 is 0 Å². The maximum atomic E-state index is 2.57. The van der Waals surface area contributed by atoms with Gasteiger partial charge < -0.3 is 26.8 Å².